The maximum absolute atomic E-state index is 12.3. The molecule has 3 rings (SSSR count). The summed E-state index contributed by atoms with van der Waals surface area (Å²) in [7, 11) is 1.60. The van der Waals surface area contributed by atoms with Gasteiger partial charge in [0.15, 0.2) is 17.6 Å². The van der Waals surface area contributed by atoms with Crippen molar-refractivity contribution in [3.05, 3.63) is 57.6 Å². The number of halogens is 2. The van der Waals surface area contributed by atoms with Gasteiger partial charge in [-0.25, -0.2) is 0 Å². The molecule has 5 nitrogen and oxygen atoms in total. The Morgan fingerprint density at radius 2 is 2.00 bits per heavy atom. The summed E-state index contributed by atoms with van der Waals surface area (Å²) in [6.45, 7) is 2.48. The van der Waals surface area contributed by atoms with Gasteiger partial charge in [-0.2, -0.15) is 0 Å². The van der Waals surface area contributed by atoms with Gasteiger partial charge in [0.1, 0.15) is 0 Å². The molecule has 1 fully saturated rings. The van der Waals surface area contributed by atoms with Gasteiger partial charge in [0.2, 0.25) is 0 Å². The highest BCUT2D eigenvalue weighted by Gasteiger charge is 2.40. The zero-order chi connectivity index (χ0) is 19.6. The van der Waals surface area contributed by atoms with E-state index in [0.717, 1.165) is 12.0 Å². The molecular weight excluding hydrogens is 389 g/mol. The third-order valence-corrected chi connectivity index (χ3v) is 5.28. The molecule has 1 aliphatic carbocycles. The van der Waals surface area contributed by atoms with E-state index >= 15 is 0 Å². The van der Waals surface area contributed by atoms with Crippen molar-refractivity contribution in [2.45, 2.75) is 31.4 Å². The minimum Gasteiger partial charge on any atom is -0.493 e. The van der Waals surface area contributed by atoms with E-state index in [9.17, 15) is 9.90 Å². The van der Waals surface area contributed by atoms with Crippen LogP contribution in [-0.4, -0.2) is 30.8 Å². The molecule has 1 amide bonds. The normalized spacial score (nSPS) is 19.3. The van der Waals surface area contributed by atoms with Gasteiger partial charge in [0.05, 0.1) is 23.8 Å². The smallest absolute Gasteiger partial charge is 0.253 e. The van der Waals surface area contributed by atoms with Gasteiger partial charge in [-0.05, 0) is 48.7 Å². The van der Waals surface area contributed by atoms with Gasteiger partial charge in [-0.1, -0.05) is 35.3 Å². The van der Waals surface area contributed by atoms with Gasteiger partial charge in [0.25, 0.3) is 5.91 Å². The Hall–Kier alpha value is -1.95. The van der Waals surface area contributed by atoms with Crippen LogP contribution < -0.4 is 14.8 Å². The van der Waals surface area contributed by atoms with E-state index in [2.05, 4.69) is 5.32 Å². The highest BCUT2D eigenvalue weighted by atomic mass is 35.5. The molecule has 7 heteroatoms. The standard InChI is InChI=1S/C20H21Cl2NO4/c1-3-27-17-7-5-11(9-18(17)26-2)13-10-16(13)23-20(25)19(24)12-4-6-14(21)15(22)8-12/h4-9,13,16,19,24H,3,10H2,1-2H3,(H,23,25)/t13-,16-,19?/m1/s1. The summed E-state index contributed by atoms with van der Waals surface area (Å²) in [6.07, 6.45) is -0.493. The predicted molar refractivity (Wildman–Crippen MR) is 105 cm³/mol. The van der Waals surface area contributed by atoms with Crippen LogP contribution in [-0.2, 0) is 4.79 Å². The Bertz CT molecular complexity index is 843. The molecule has 1 saturated carbocycles. The molecule has 2 N–H and O–H groups in total. The minimum absolute atomic E-state index is 0.0300. The van der Waals surface area contributed by atoms with Crippen LogP contribution in [0.1, 0.15) is 36.5 Å². The molecule has 0 aromatic heterocycles. The van der Waals surface area contributed by atoms with Crippen molar-refractivity contribution in [2.24, 2.45) is 0 Å². The summed E-state index contributed by atoms with van der Waals surface area (Å²) in [6, 6.07) is 10.4. The third-order valence-electron chi connectivity index (χ3n) is 4.54. The highest BCUT2D eigenvalue weighted by molar-refractivity contribution is 6.42. The summed E-state index contributed by atoms with van der Waals surface area (Å²) in [5.41, 5.74) is 1.46. The Balaban J connectivity index is 1.63. The van der Waals surface area contributed by atoms with E-state index < -0.39 is 12.0 Å². The van der Waals surface area contributed by atoms with Crippen LogP contribution in [0.5, 0.6) is 11.5 Å². The molecule has 0 heterocycles. The molecule has 3 atom stereocenters. The molecule has 1 unspecified atom stereocenters. The number of benzene rings is 2. The lowest BCUT2D eigenvalue weighted by Gasteiger charge is -2.13. The molecule has 0 bridgehead atoms. The van der Waals surface area contributed by atoms with Gasteiger partial charge in [0, 0.05) is 12.0 Å². The molecule has 0 aliphatic heterocycles. The summed E-state index contributed by atoms with van der Waals surface area (Å²) < 4.78 is 10.9. The fourth-order valence-corrected chi connectivity index (χ4v) is 3.31. The van der Waals surface area contributed by atoms with Crippen molar-refractivity contribution in [3.63, 3.8) is 0 Å². The first-order chi connectivity index (χ1) is 12.9. The van der Waals surface area contributed by atoms with Crippen molar-refractivity contribution in [3.8, 4) is 11.5 Å². The number of carbonyl (C=O) groups excluding carboxylic acids is 1. The van der Waals surface area contributed by atoms with Crippen LogP contribution in [0.15, 0.2) is 36.4 Å². The van der Waals surface area contributed by atoms with Crippen LogP contribution in [0.25, 0.3) is 0 Å². The number of hydrogen-bond donors (Lipinski definition) is 2. The van der Waals surface area contributed by atoms with Gasteiger partial charge >= 0.3 is 0 Å². The van der Waals surface area contributed by atoms with E-state index in [1.807, 2.05) is 25.1 Å². The zero-order valence-electron chi connectivity index (χ0n) is 15.0. The summed E-state index contributed by atoms with van der Waals surface area (Å²) in [4.78, 5) is 12.3. The van der Waals surface area contributed by atoms with E-state index in [1.165, 1.54) is 6.07 Å². The summed E-state index contributed by atoms with van der Waals surface area (Å²) >= 11 is 11.8. The van der Waals surface area contributed by atoms with E-state index in [0.29, 0.717) is 33.7 Å². The summed E-state index contributed by atoms with van der Waals surface area (Å²) in [5, 5.41) is 13.8. The number of nitrogens with one attached hydrogen (secondary N) is 1. The average molecular weight is 410 g/mol. The second-order valence-electron chi connectivity index (χ2n) is 6.38. The number of methoxy groups -OCH3 is 1. The second-order valence-corrected chi connectivity index (χ2v) is 7.19. The predicted octanol–water partition coefficient (Wildman–Crippen LogP) is 4.11. The first-order valence-electron chi connectivity index (χ1n) is 8.68. The molecular formula is C20H21Cl2NO4. The lowest BCUT2D eigenvalue weighted by Crippen LogP contribution is -2.31. The molecule has 2 aromatic carbocycles. The number of rotatable bonds is 7. The SMILES string of the molecule is CCOc1ccc([C@H]2C[C@H]2NC(=O)C(O)c2ccc(Cl)c(Cl)c2)cc1OC. The fraction of sp³-hybridized carbons (Fsp3) is 0.350. The maximum atomic E-state index is 12.3. The molecule has 144 valence electrons. The molecule has 0 spiro atoms. The number of carbonyl (C=O) groups is 1. The number of hydrogen-bond acceptors (Lipinski definition) is 4. The van der Waals surface area contributed by atoms with Crippen molar-refractivity contribution in [1.82, 2.24) is 5.32 Å². The van der Waals surface area contributed by atoms with Crippen LogP contribution >= 0.6 is 23.2 Å². The monoisotopic (exact) mass is 409 g/mol. The number of aliphatic hydroxyl groups is 1. The van der Waals surface area contributed by atoms with Gasteiger partial charge in [-0.15, -0.1) is 0 Å². The van der Waals surface area contributed by atoms with Crippen molar-refractivity contribution >= 4 is 29.1 Å². The zero-order valence-corrected chi connectivity index (χ0v) is 16.6. The Morgan fingerprint density at radius 3 is 2.67 bits per heavy atom. The number of ether oxygens (including phenoxy) is 2. The van der Waals surface area contributed by atoms with E-state index in [-0.39, 0.29) is 12.0 Å². The van der Waals surface area contributed by atoms with E-state index in [1.54, 1.807) is 19.2 Å². The average Bonchev–Trinajstić information content (AvgIpc) is 3.43. The number of amides is 1. The first kappa shape index (κ1) is 19.8. The Labute approximate surface area is 168 Å². The largest absolute Gasteiger partial charge is 0.493 e. The third kappa shape index (κ3) is 4.49. The molecule has 0 saturated heterocycles. The second kappa shape index (κ2) is 8.38. The first-order valence-corrected chi connectivity index (χ1v) is 9.44. The van der Waals surface area contributed by atoms with Crippen LogP contribution in [0.3, 0.4) is 0 Å². The summed E-state index contributed by atoms with van der Waals surface area (Å²) in [5.74, 6) is 1.08. The number of aliphatic hydroxyl groups excluding tert-OH is 1. The molecule has 0 radical (unpaired) electrons. The van der Waals surface area contributed by atoms with Crippen LogP contribution in [0.2, 0.25) is 10.0 Å². The lowest BCUT2D eigenvalue weighted by atomic mass is 10.1. The maximum Gasteiger partial charge on any atom is 0.253 e. The minimum atomic E-state index is -1.30. The van der Waals surface area contributed by atoms with Crippen LogP contribution in [0, 0.1) is 0 Å². The van der Waals surface area contributed by atoms with Crippen molar-refractivity contribution in [1.29, 1.82) is 0 Å². The highest BCUT2D eigenvalue weighted by Crippen LogP contribution is 2.43. The fourth-order valence-electron chi connectivity index (χ4n) is 3.01. The lowest BCUT2D eigenvalue weighted by molar-refractivity contribution is -0.129. The van der Waals surface area contributed by atoms with Crippen molar-refractivity contribution < 1.29 is 19.4 Å². The van der Waals surface area contributed by atoms with E-state index in [4.69, 9.17) is 32.7 Å². The van der Waals surface area contributed by atoms with Gasteiger partial charge < -0.3 is 19.9 Å². The topological polar surface area (TPSA) is 67.8 Å². The Kier molecular flexibility index (Phi) is 6.15. The molecule has 2 aromatic rings. The van der Waals surface area contributed by atoms with Crippen molar-refractivity contribution in [2.75, 3.05) is 13.7 Å². The molecule has 1 aliphatic rings. The van der Waals surface area contributed by atoms with Gasteiger partial charge in [-0.3, -0.25) is 4.79 Å². The van der Waals surface area contributed by atoms with Crippen LogP contribution in [0.4, 0.5) is 0 Å². The quantitative estimate of drug-likeness (QED) is 0.721. The Morgan fingerprint density at radius 1 is 1.22 bits per heavy atom. The molecule has 27 heavy (non-hydrogen) atoms.